The standard InChI is InChI=1S/C28H21FN6/c1-34-16-21(14-33-34)22-8-7-19(12-24(22)29)20-13-31-27-32-15-25(35(27)17-20)28(9-10-28)23-6-2-4-18-5-3-11-30-26(18)23/h2-8,11-17H,9-10H2,1H3. The molecule has 0 amide bonds. The van der Waals surface area contributed by atoms with Crippen LogP contribution in [0.4, 0.5) is 4.39 Å². The van der Waals surface area contributed by atoms with Gasteiger partial charge in [0.25, 0.3) is 0 Å². The summed E-state index contributed by atoms with van der Waals surface area (Å²) in [6.45, 7) is 0. The summed E-state index contributed by atoms with van der Waals surface area (Å²) in [6, 6.07) is 15.7. The van der Waals surface area contributed by atoms with E-state index in [1.54, 1.807) is 35.4 Å². The van der Waals surface area contributed by atoms with E-state index < -0.39 is 0 Å². The Bertz CT molecular complexity index is 1740. The molecule has 0 bridgehead atoms. The Labute approximate surface area is 200 Å². The summed E-state index contributed by atoms with van der Waals surface area (Å²) in [7, 11) is 1.82. The van der Waals surface area contributed by atoms with Crippen molar-refractivity contribution in [1.29, 1.82) is 0 Å². The van der Waals surface area contributed by atoms with E-state index in [1.807, 2.05) is 37.8 Å². The average molecular weight is 461 g/mol. The minimum absolute atomic E-state index is 0.150. The molecule has 170 valence electrons. The molecule has 1 fully saturated rings. The van der Waals surface area contributed by atoms with E-state index in [0.717, 1.165) is 46.1 Å². The van der Waals surface area contributed by atoms with Gasteiger partial charge in [-0.3, -0.25) is 14.1 Å². The molecule has 7 heteroatoms. The molecule has 2 aromatic carbocycles. The lowest BCUT2D eigenvalue weighted by atomic mass is 9.90. The first-order valence-corrected chi connectivity index (χ1v) is 11.6. The molecule has 4 heterocycles. The zero-order chi connectivity index (χ0) is 23.6. The number of imidazole rings is 1. The van der Waals surface area contributed by atoms with Gasteiger partial charge in [-0.2, -0.15) is 5.10 Å². The number of rotatable bonds is 4. The van der Waals surface area contributed by atoms with Crippen molar-refractivity contribution in [2.24, 2.45) is 7.05 Å². The maximum absolute atomic E-state index is 15.0. The van der Waals surface area contributed by atoms with E-state index in [0.29, 0.717) is 11.3 Å². The highest BCUT2D eigenvalue weighted by Crippen LogP contribution is 2.54. The normalized spacial score (nSPS) is 14.6. The van der Waals surface area contributed by atoms with Gasteiger partial charge in [-0.05, 0) is 36.1 Å². The Morgan fingerprint density at radius 2 is 1.71 bits per heavy atom. The van der Waals surface area contributed by atoms with Crippen molar-refractivity contribution in [2.45, 2.75) is 18.3 Å². The van der Waals surface area contributed by atoms with Crippen LogP contribution in [0.3, 0.4) is 0 Å². The van der Waals surface area contributed by atoms with Crippen LogP contribution in [-0.2, 0) is 12.5 Å². The van der Waals surface area contributed by atoms with Gasteiger partial charge in [0.05, 0.1) is 23.6 Å². The van der Waals surface area contributed by atoms with Crippen LogP contribution in [0.2, 0.25) is 0 Å². The van der Waals surface area contributed by atoms with Crippen molar-refractivity contribution >= 4 is 16.7 Å². The van der Waals surface area contributed by atoms with Gasteiger partial charge >= 0.3 is 0 Å². The van der Waals surface area contributed by atoms with Crippen LogP contribution in [0.15, 0.2) is 85.7 Å². The van der Waals surface area contributed by atoms with Gasteiger partial charge < -0.3 is 0 Å². The van der Waals surface area contributed by atoms with Crippen LogP contribution in [0, 0.1) is 5.82 Å². The summed E-state index contributed by atoms with van der Waals surface area (Å²) in [5.74, 6) is 0.345. The van der Waals surface area contributed by atoms with Crippen molar-refractivity contribution in [3.63, 3.8) is 0 Å². The number of halogens is 1. The van der Waals surface area contributed by atoms with Crippen molar-refractivity contribution in [3.05, 3.63) is 103 Å². The topological polar surface area (TPSA) is 60.9 Å². The summed E-state index contributed by atoms with van der Waals surface area (Å²) in [5.41, 5.74) is 6.06. The maximum Gasteiger partial charge on any atom is 0.233 e. The van der Waals surface area contributed by atoms with E-state index in [9.17, 15) is 0 Å². The predicted octanol–water partition coefficient (Wildman–Crippen LogP) is 5.56. The largest absolute Gasteiger partial charge is 0.287 e. The molecular weight excluding hydrogens is 439 g/mol. The second kappa shape index (κ2) is 7.30. The first-order valence-electron chi connectivity index (χ1n) is 11.6. The predicted molar refractivity (Wildman–Crippen MR) is 132 cm³/mol. The van der Waals surface area contributed by atoms with E-state index in [4.69, 9.17) is 4.98 Å². The Kier molecular flexibility index (Phi) is 4.18. The molecule has 0 unspecified atom stereocenters. The van der Waals surface area contributed by atoms with E-state index in [2.05, 4.69) is 43.7 Å². The summed E-state index contributed by atoms with van der Waals surface area (Å²) >= 11 is 0. The Morgan fingerprint density at radius 1 is 0.857 bits per heavy atom. The van der Waals surface area contributed by atoms with Crippen molar-refractivity contribution in [2.75, 3.05) is 0 Å². The third-order valence-electron chi connectivity index (χ3n) is 7.07. The van der Waals surface area contributed by atoms with Gasteiger partial charge in [0, 0.05) is 59.3 Å². The first-order chi connectivity index (χ1) is 17.1. The fourth-order valence-corrected chi connectivity index (χ4v) is 5.14. The number of pyridine rings is 1. The number of aryl methyl sites for hydroxylation is 1. The molecule has 7 rings (SSSR count). The molecule has 0 aliphatic heterocycles. The summed E-state index contributed by atoms with van der Waals surface area (Å²) in [4.78, 5) is 13.9. The van der Waals surface area contributed by atoms with Crippen molar-refractivity contribution < 1.29 is 4.39 Å². The monoisotopic (exact) mass is 460 g/mol. The van der Waals surface area contributed by atoms with Crippen molar-refractivity contribution in [1.82, 2.24) is 29.1 Å². The first kappa shape index (κ1) is 20.0. The number of nitrogens with zero attached hydrogens (tertiary/aromatic N) is 6. The molecule has 1 aliphatic rings. The second-order valence-corrected chi connectivity index (χ2v) is 9.22. The smallest absolute Gasteiger partial charge is 0.233 e. The molecule has 1 saturated carbocycles. The molecule has 0 N–H and O–H groups in total. The van der Waals surface area contributed by atoms with Gasteiger partial charge in [-0.15, -0.1) is 0 Å². The molecule has 6 aromatic rings. The minimum Gasteiger partial charge on any atom is -0.287 e. The number of hydrogen-bond donors (Lipinski definition) is 0. The third kappa shape index (κ3) is 3.08. The van der Waals surface area contributed by atoms with E-state index in [-0.39, 0.29) is 11.2 Å². The quantitative estimate of drug-likeness (QED) is 0.345. The van der Waals surface area contributed by atoms with Gasteiger partial charge in [0.2, 0.25) is 5.78 Å². The van der Waals surface area contributed by atoms with Crippen LogP contribution in [0.25, 0.3) is 38.9 Å². The molecule has 4 aromatic heterocycles. The molecule has 35 heavy (non-hydrogen) atoms. The number of para-hydroxylation sites is 1. The van der Waals surface area contributed by atoms with Crippen LogP contribution in [0.5, 0.6) is 0 Å². The lowest BCUT2D eigenvalue weighted by Gasteiger charge is -2.17. The number of fused-ring (bicyclic) bond motifs is 2. The second-order valence-electron chi connectivity index (χ2n) is 9.22. The third-order valence-corrected chi connectivity index (χ3v) is 7.07. The van der Waals surface area contributed by atoms with Crippen LogP contribution in [0.1, 0.15) is 24.1 Å². The lowest BCUT2D eigenvalue weighted by molar-refractivity contribution is 0.632. The van der Waals surface area contributed by atoms with Crippen LogP contribution in [-0.4, -0.2) is 29.1 Å². The van der Waals surface area contributed by atoms with Crippen LogP contribution >= 0.6 is 0 Å². The Balaban J connectivity index is 1.33. The fraction of sp³-hybridized carbons (Fsp3) is 0.143. The summed E-state index contributed by atoms with van der Waals surface area (Å²) in [6.07, 6.45) is 13.1. The molecule has 0 saturated heterocycles. The van der Waals surface area contributed by atoms with Crippen LogP contribution < -0.4 is 0 Å². The molecule has 0 atom stereocenters. The Morgan fingerprint density at radius 3 is 2.51 bits per heavy atom. The molecule has 6 nitrogen and oxygen atoms in total. The van der Waals surface area contributed by atoms with E-state index in [1.165, 1.54) is 5.56 Å². The highest BCUT2D eigenvalue weighted by molar-refractivity contribution is 5.84. The maximum atomic E-state index is 15.0. The fourth-order valence-electron chi connectivity index (χ4n) is 5.14. The zero-order valence-electron chi connectivity index (χ0n) is 19.1. The van der Waals surface area contributed by atoms with Gasteiger partial charge in [-0.25, -0.2) is 14.4 Å². The number of hydrogen-bond acceptors (Lipinski definition) is 4. The van der Waals surface area contributed by atoms with Gasteiger partial charge in [0.15, 0.2) is 0 Å². The van der Waals surface area contributed by atoms with E-state index >= 15 is 4.39 Å². The summed E-state index contributed by atoms with van der Waals surface area (Å²) < 4.78 is 18.8. The highest BCUT2D eigenvalue weighted by Gasteiger charge is 2.49. The lowest BCUT2D eigenvalue weighted by Crippen LogP contribution is -2.13. The molecular formula is C28H21FN6. The van der Waals surface area contributed by atoms with Gasteiger partial charge in [0.1, 0.15) is 5.82 Å². The van der Waals surface area contributed by atoms with Crippen molar-refractivity contribution in [3.8, 4) is 22.3 Å². The SMILES string of the molecule is Cn1cc(-c2ccc(-c3cnc4ncc(C5(c6cccc7cccnc67)CC5)n4c3)cc2F)cn1. The molecule has 0 spiro atoms. The molecule has 0 radical (unpaired) electrons. The van der Waals surface area contributed by atoms with Gasteiger partial charge in [-0.1, -0.05) is 36.4 Å². The minimum atomic E-state index is -0.290. The highest BCUT2D eigenvalue weighted by atomic mass is 19.1. The Hall–Kier alpha value is -4.39. The average Bonchev–Trinajstić information content (AvgIpc) is 3.38. The molecule has 1 aliphatic carbocycles. The number of benzene rings is 2. The number of aromatic nitrogens is 6. The zero-order valence-corrected chi connectivity index (χ0v) is 19.1. The summed E-state index contributed by atoms with van der Waals surface area (Å²) in [5, 5.41) is 5.28.